The van der Waals surface area contributed by atoms with Crippen LogP contribution in [-0.4, -0.2) is 30.3 Å². The zero-order valence-electron chi connectivity index (χ0n) is 10.7. The van der Waals surface area contributed by atoms with Crippen molar-refractivity contribution >= 4 is 60.0 Å². The van der Waals surface area contributed by atoms with Crippen molar-refractivity contribution in [3.63, 3.8) is 0 Å². The summed E-state index contributed by atoms with van der Waals surface area (Å²) in [5.74, 6) is 0.898. The van der Waals surface area contributed by atoms with Gasteiger partial charge in [0.25, 0.3) is 0 Å². The molecule has 0 saturated carbocycles. The van der Waals surface area contributed by atoms with Crippen molar-refractivity contribution in [3.8, 4) is 5.75 Å². The number of hydrogen-bond donors (Lipinski definition) is 0. The number of thioether (sulfide) groups is 1. The Bertz CT molecular complexity index is 766. The molecule has 0 fully saturated rings. The van der Waals surface area contributed by atoms with Gasteiger partial charge in [-0.05, 0) is 45.9 Å². The molecule has 1 aromatic heterocycles. The molecule has 0 bridgehead atoms. The molecule has 0 N–H and O–H groups in total. The minimum atomic E-state index is 0.886. The highest BCUT2D eigenvalue weighted by molar-refractivity contribution is 9.14. The van der Waals surface area contributed by atoms with E-state index >= 15 is 0 Å². The molecule has 2 aromatic rings. The average molecular weight is 367 g/mol. The van der Waals surface area contributed by atoms with Crippen LogP contribution in [-0.2, 0) is 0 Å². The van der Waals surface area contributed by atoms with Gasteiger partial charge in [0.05, 0.1) is 23.2 Å². The predicted octanol–water partition coefficient (Wildman–Crippen LogP) is 4.35. The number of fused-ring (bicyclic) bond motifs is 2. The van der Waals surface area contributed by atoms with E-state index in [4.69, 9.17) is 4.74 Å². The molecule has 0 spiro atoms. The number of aliphatic imine (C=N–C) groups is 1. The molecule has 0 unspecified atom stereocenters. The van der Waals surface area contributed by atoms with Gasteiger partial charge in [0.2, 0.25) is 0 Å². The van der Waals surface area contributed by atoms with Crippen LogP contribution in [0.5, 0.6) is 5.75 Å². The Balaban J connectivity index is 1.90. The van der Waals surface area contributed by atoms with Crippen molar-refractivity contribution in [2.45, 2.75) is 0 Å². The van der Waals surface area contributed by atoms with Gasteiger partial charge in [-0.15, -0.1) is 11.3 Å². The number of nitrogens with zero attached hydrogens (tertiary/aromatic N) is 2. The van der Waals surface area contributed by atoms with Gasteiger partial charge in [0, 0.05) is 27.6 Å². The first-order valence-corrected chi connectivity index (χ1v) is 8.72. The molecule has 3 nitrogen and oxygen atoms in total. The van der Waals surface area contributed by atoms with E-state index in [1.165, 1.54) is 21.3 Å². The highest BCUT2D eigenvalue weighted by Gasteiger charge is 2.33. The predicted molar refractivity (Wildman–Crippen MR) is 90.8 cm³/mol. The van der Waals surface area contributed by atoms with Gasteiger partial charge in [0.1, 0.15) is 5.75 Å². The van der Waals surface area contributed by atoms with E-state index in [0.29, 0.717) is 0 Å². The summed E-state index contributed by atoms with van der Waals surface area (Å²) in [5, 5.41) is 4.58. The van der Waals surface area contributed by atoms with Crippen molar-refractivity contribution in [1.82, 2.24) is 4.90 Å². The number of amidine groups is 1. The molecule has 0 aliphatic carbocycles. The summed E-state index contributed by atoms with van der Waals surface area (Å²) < 4.78 is 7.79. The number of thiophene rings is 1. The van der Waals surface area contributed by atoms with E-state index in [0.717, 1.165) is 27.8 Å². The lowest BCUT2D eigenvalue weighted by Crippen LogP contribution is -2.19. The Morgan fingerprint density at radius 2 is 2.30 bits per heavy atom. The zero-order chi connectivity index (χ0) is 13.7. The lowest BCUT2D eigenvalue weighted by molar-refractivity contribution is 0.415. The van der Waals surface area contributed by atoms with Gasteiger partial charge >= 0.3 is 0 Å². The SMILES string of the molecule is COc1ccc2scc(C3=C(Br)SC4=NCCN43)c2c1. The second-order valence-electron chi connectivity index (χ2n) is 4.55. The van der Waals surface area contributed by atoms with E-state index in [1.54, 1.807) is 30.2 Å². The minimum absolute atomic E-state index is 0.886. The van der Waals surface area contributed by atoms with Gasteiger partial charge in [-0.25, -0.2) is 0 Å². The number of benzene rings is 1. The average Bonchev–Trinajstić information content (AvgIpc) is 3.12. The smallest absolute Gasteiger partial charge is 0.169 e. The number of halogens is 1. The standard InChI is InChI=1S/C14H11BrN2OS2/c1-18-8-2-3-11-9(6-8)10(7-19-11)12-13(15)20-14-16-4-5-17(12)14/h2-3,6-7H,4-5H2,1H3. The minimum Gasteiger partial charge on any atom is -0.497 e. The molecule has 0 saturated heterocycles. The van der Waals surface area contributed by atoms with E-state index in [-0.39, 0.29) is 0 Å². The zero-order valence-corrected chi connectivity index (χ0v) is 13.9. The fourth-order valence-corrected chi connectivity index (χ4v) is 5.24. The van der Waals surface area contributed by atoms with E-state index in [9.17, 15) is 0 Å². The molecular weight excluding hydrogens is 356 g/mol. The number of ether oxygens (including phenoxy) is 1. The maximum atomic E-state index is 5.36. The molecule has 6 heteroatoms. The van der Waals surface area contributed by atoms with Gasteiger partial charge in [-0.3, -0.25) is 4.99 Å². The Morgan fingerprint density at radius 1 is 1.40 bits per heavy atom. The Kier molecular flexibility index (Phi) is 3.05. The van der Waals surface area contributed by atoms with E-state index in [2.05, 4.69) is 43.3 Å². The van der Waals surface area contributed by atoms with Gasteiger partial charge in [-0.2, -0.15) is 0 Å². The number of methoxy groups -OCH3 is 1. The summed E-state index contributed by atoms with van der Waals surface area (Å²) in [6.07, 6.45) is 0. The second-order valence-corrected chi connectivity index (χ2v) is 7.76. The van der Waals surface area contributed by atoms with Crippen LogP contribution in [0.2, 0.25) is 0 Å². The van der Waals surface area contributed by atoms with Crippen molar-refractivity contribution in [3.05, 3.63) is 33.0 Å². The third-order valence-electron chi connectivity index (χ3n) is 3.47. The van der Waals surface area contributed by atoms with Crippen LogP contribution in [0.3, 0.4) is 0 Å². The first kappa shape index (κ1) is 12.7. The normalized spacial score (nSPS) is 17.9. The monoisotopic (exact) mass is 366 g/mol. The first-order valence-electron chi connectivity index (χ1n) is 6.23. The topological polar surface area (TPSA) is 24.8 Å². The fourth-order valence-electron chi connectivity index (χ4n) is 2.53. The molecule has 0 radical (unpaired) electrons. The third-order valence-corrected chi connectivity index (χ3v) is 6.20. The summed E-state index contributed by atoms with van der Waals surface area (Å²) in [6, 6.07) is 6.25. The van der Waals surface area contributed by atoms with Crippen molar-refractivity contribution in [1.29, 1.82) is 0 Å². The fraction of sp³-hybridized carbons (Fsp3) is 0.214. The van der Waals surface area contributed by atoms with Crippen molar-refractivity contribution in [2.24, 2.45) is 4.99 Å². The lowest BCUT2D eigenvalue weighted by atomic mass is 10.1. The van der Waals surface area contributed by atoms with Crippen molar-refractivity contribution < 1.29 is 4.74 Å². The van der Waals surface area contributed by atoms with Crippen LogP contribution in [0, 0.1) is 0 Å². The lowest BCUT2D eigenvalue weighted by Gasteiger charge is -2.16. The van der Waals surface area contributed by atoms with Gasteiger partial charge in [-0.1, -0.05) is 0 Å². The molecule has 20 heavy (non-hydrogen) atoms. The van der Waals surface area contributed by atoms with Crippen LogP contribution < -0.4 is 4.74 Å². The molecule has 0 atom stereocenters. The maximum absolute atomic E-state index is 5.36. The Hall–Kier alpha value is -0.980. The number of rotatable bonds is 2. The molecule has 0 amide bonds. The molecule has 1 aromatic carbocycles. The summed E-state index contributed by atoms with van der Waals surface area (Å²) >= 11 is 7.17. The summed E-state index contributed by atoms with van der Waals surface area (Å²) in [4.78, 5) is 6.84. The Morgan fingerprint density at radius 3 is 3.15 bits per heavy atom. The quantitative estimate of drug-likeness (QED) is 0.789. The van der Waals surface area contributed by atoms with Crippen LogP contribution in [0.15, 0.2) is 32.4 Å². The molecule has 2 aliphatic rings. The van der Waals surface area contributed by atoms with Crippen LogP contribution in [0.1, 0.15) is 5.56 Å². The Labute approximate surface area is 133 Å². The molecule has 2 aliphatic heterocycles. The molecule has 102 valence electrons. The third kappa shape index (κ3) is 1.82. The van der Waals surface area contributed by atoms with E-state index < -0.39 is 0 Å². The summed E-state index contributed by atoms with van der Waals surface area (Å²) in [6.45, 7) is 1.85. The van der Waals surface area contributed by atoms with E-state index in [1.807, 2.05) is 6.07 Å². The largest absolute Gasteiger partial charge is 0.497 e. The molecule has 4 rings (SSSR count). The highest BCUT2D eigenvalue weighted by atomic mass is 79.9. The summed E-state index contributed by atoms with van der Waals surface area (Å²) in [7, 11) is 1.71. The highest BCUT2D eigenvalue weighted by Crippen LogP contribution is 2.47. The van der Waals surface area contributed by atoms with Crippen LogP contribution in [0.25, 0.3) is 15.8 Å². The van der Waals surface area contributed by atoms with Crippen LogP contribution >= 0.6 is 39.0 Å². The second kappa shape index (κ2) is 4.79. The molecule has 3 heterocycles. The van der Waals surface area contributed by atoms with Gasteiger partial charge < -0.3 is 9.64 Å². The number of hydrogen-bond acceptors (Lipinski definition) is 5. The maximum Gasteiger partial charge on any atom is 0.169 e. The molecular formula is C14H11BrN2OS2. The van der Waals surface area contributed by atoms with Crippen molar-refractivity contribution in [2.75, 3.05) is 20.2 Å². The first-order chi connectivity index (χ1) is 9.78. The van der Waals surface area contributed by atoms with Gasteiger partial charge in [0.15, 0.2) is 5.17 Å². The summed E-state index contributed by atoms with van der Waals surface area (Å²) in [5.41, 5.74) is 2.50. The van der Waals surface area contributed by atoms with Crippen LogP contribution in [0.4, 0.5) is 0 Å².